The van der Waals surface area contributed by atoms with Gasteiger partial charge >= 0.3 is 0 Å². The number of aromatic nitrogens is 4. The number of anilines is 1. The Hall–Kier alpha value is -3.45. The van der Waals surface area contributed by atoms with Gasteiger partial charge < -0.3 is 10.1 Å². The van der Waals surface area contributed by atoms with E-state index in [1.807, 2.05) is 6.92 Å². The Morgan fingerprint density at radius 2 is 1.96 bits per heavy atom. The first-order chi connectivity index (χ1) is 13.4. The van der Waals surface area contributed by atoms with Crippen LogP contribution < -0.4 is 10.1 Å². The first kappa shape index (κ1) is 19.3. The van der Waals surface area contributed by atoms with E-state index in [-0.39, 0.29) is 11.4 Å². The molecule has 0 aliphatic carbocycles. The van der Waals surface area contributed by atoms with Crippen molar-refractivity contribution in [2.75, 3.05) is 18.2 Å². The van der Waals surface area contributed by atoms with Crippen molar-refractivity contribution in [1.29, 1.82) is 5.26 Å². The summed E-state index contributed by atoms with van der Waals surface area (Å²) in [5.74, 6) is 1.13. The van der Waals surface area contributed by atoms with Crippen LogP contribution in [-0.4, -0.2) is 41.5 Å². The number of benzene rings is 2. The van der Waals surface area contributed by atoms with Crippen molar-refractivity contribution >= 4 is 15.5 Å². The summed E-state index contributed by atoms with van der Waals surface area (Å²) in [5, 5.41) is 24.0. The highest BCUT2D eigenvalue weighted by molar-refractivity contribution is 7.90. The molecule has 9 nitrogen and oxygen atoms in total. The first-order valence-electron chi connectivity index (χ1n) is 8.41. The van der Waals surface area contributed by atoms with E-state index < -0.39 is 9.84 Å². The zero-order valence-corrected chi connectivity index (χ0v) is 16.1. The summed E-state index contributed by atoms with van der Waals surface area (Å²) in [6.45, 7) is 2.64. The Labute approximate surface area is 162 Å². The quantitative estimate of drug-likeness (QED) is 0.641. The SMILES string of the molecule is CCOc1ccc(C#N)cc1NCc1nnnn1-c1ccc(S(C)(=O)=O)cc1. The number of tetrazole rings is 1. The van der Waals surface area contributed by atoms with Crippen molar-refractivity contribution in [3.63, 3.8) is 0 Å². The summed E-state index contributed by atoms with van der Waals surface area (Å²) in [4.78, 5) is 0.221. The molecule has 28 heavy (non-hydrogen) atoms. The van der Waals surface area contributed by atoms with Crippen LogP contribution in [0.4, 0.5) is 5.69 Å². The predicted molar refractivity (Wildman–Crippen MR) is 102 cm³/mol. The number of rotatable bonds is 7. The third-order valence-corrected chi connectivity index (χ3v) is 5.02. The van der Waals surface area contributed by atoms with Crippen molar-refractivity contribution in [3.05, 3.63) is 53.9 Å². The molecule has 3 aromatic rings. The van der Waals surface area contributed by atoms with E-state index in [1.165, 1.54) is 16.8 Å². The maximum absolute atomic E-state index is 11.6. The Balaban J connectivity index is 1.83. The third kappa shape index (κ3) is 4.27. The fourth-order valence-electron chi connectivity index (χ4n) is 2.54. The summed E-state index contributed by atoms with van der Waals surface area (Å²) < 4.78 is 30.3. The zero-order valence-electron chi connectivity index (χ0n) is 15.3. The lowest BCUT2D eigenvalue weighted by Crippen LogP contribution is -2.10. The van der Waals surface area contributed by atoms with Crippen LogP contribution in [0.5, 0.6) is 5.75 Å². The number of sulfone groups is 1. The molecule has 0 fully saturated rings. The fourth-order valence-corrected chi connectivity index (χ4v) is 3.17. The van der Waals surface area contributed by atoms with Crippen molar-refractivity contribution in [2.24, 2.45) is 0 Å². The molecule has 0 unspecified atom stereocenters. The predicted octanol–water partition coefficient (Wildman–Crippen LogP) is 1.95. The monoisotopic (exact) mass is 398 g/mol. The number of hydrogen-bond acceptors (Lipinski definition) is 8. The minimum absolute atomic E-state index is 0.221. The van der Waals surface area contributed by atoms with E-state index in [4.69, 9.17) is 10.00 Å². The molecule has 0 spiro atoms. The molecule has 0 bridgehead atoms. The van der Waals surface area contributed by atoms with Gasteiger partial charge in [0, 0.05) is 6.26 Å². The largest absolute Gasteiger partial charge is 0.492 e. The minimum atomic E-state index is -3.28. The van der Waals surface area contributed by atoms with E-state index >= 15 is 0 Å². The van der Waals surface area contributed by atoms with Gasteiger partial charge in [-0.15, -0.1) is 5.10 Å². The summed E-state index contributed by atoms with van der Waals surface area (Å²) in [5.41, 5.74) is 1.79. The maximum Gasteiger partial charge on any atom is 0.175 e. The Morgan fingerprint density at radius 3 is 2.61 bits per heavy atom. The molecule has 0 radical (unpaired) electrons. The average molecular weight is 398 g/mol. The van der Waals surface area contributed by atoms with E-state index in [1.54, 1.807) is 30.3 Å². The summed E-state index contributed by atoms with van der Waals surface area (Å²) in [6.07, 6.45) is 1.15. The molecule has 0 aliphatic rings. The number of nitrogens with zero attached hydrogens (tertiary/aromatic N) is 5. The Morgan fingerprint density at radius 1 is 1.21 bits per heavy atom. The molecular formula is C18H18N6O3S. The molecule has 0 atom stereocenters. The standard InChI is InChI=1S/C18H18N6O3S/c1-3-27-17-9-4-13(11-19)10-16(17)20-12-18-21-22-23-24(18)14-5-7-15(8-6-14)28(2,25)26/h4-10,20H,3,12H2,1-2H3. The summed E-state index contributed by atoms with van der Waals surface area (Å²) in [7, 11) is -3.28. The van der Waals surface area contributed by atoms with E-state index in [2.05, 4.69) is 26.9 Å². The molecular weight excluding hydrogens is 380 g/mol. The number of nitriles is 1. The van der Waals surface area contributed by atoms with Gasteiger partial charge in [0.05, 0.1) is 41.1 Å². The normalized spacial score (nSPS) is 11.0. The summed E-state index contributed by atoms with van der Waals surface area (Å²) >= 11 is 0. The molecule has 3 rings (SSSR count). The van der Waals surface area contributed by atoms with Crippen LogP contribution in [0.3, 0.4) is 0 Å². The Bertz CT molecular complexity index is 1120. The molecule has 0 saturated heterocycles. The highest BCUT2D eigenvalue weighted by atomic mass is 32.2. The highest BCUT2D eigenvalue weighted by Crippen LogP contribution is 2.26. The van der Waals surface area contributed by atoms with Gasteiger partial charge in [-0.3, -0.25) is 0 Å². The first-order valence-corrected chi connectivity index (χ1v) is 10.3. The van der Waals surface area contributed by atoms with Crippen LogP contribution in [0.15, 0.2) is 47.4 Å². The van der Waals surface area contributed by atoms with Crippen LogP contribution in [-0.2, 0) is 16.4 Å². The van der Waals surface area contributed by atoms with E-state index in [0.29, 0.717) is 35.1 Å². The molecule has 0 amide bonds. The third-order valence-electron chi connectivity index (χ3n) is 3.89. The number of hydrogen-bond donors (Lipinski definition) is 1. The number of ether oxygens (including phenoxy) is 1. The lowest BCUT2D eigenvalue weighted by atomic mass is 10.2. The van der Waals surface area contributed by atoms with Crippen molar-refractivity contribution in [1.82, 2.24) is 20.2 Å². The van der Waals surface area contributed by atoms with Crippen LogP contribution in [0, 0.1) is 11.3 Å². The average Bonchev–Trinajstić information content (AvgIpc) is 3.15. The van der Waals surface area contributed by atoms with Crippen LogP contribution in [0.2, 0.25) is 0 Å². The van der Waals surface area contributed by atoms with Gasteiger partial charge in [0.2, 0.25) is 0 Å². The fraction of sp³-hybridized carbons (Fsp3) is 0.222. The zero-order chi connectivity index (χ0) is 20.1. The number of nitrogens with one attached hydrogen (secondary N) is 1. The van der Waals surface area contributed by atoms with Gasteiger partial charge in [-0.1, -0.05) is 0 Å². The van der Waals surface area contributed by atoms with Crippen LogP contribution in [0.1, 0.15) is 18.3 Å². The second-order valence-electron chi connectivity index (χ2n) is 5.88. The van der Waals surface area contributed by atoms with Gasteiger partial charge in [-0.2, -0.15) is 9.94 Å². The molecule has 0 aliphatic heterocycles. The topological polar surface area (TPSA) is 123 Å². The van der Waals surface area contributed by atoms with Crippen molar-refractivity contribution in [3.8, 4) is 17.5 Å². The van der Waals surface area contributed by atoms with Crippen LogP contribution >= 0.6 is 0 Å². The minimum Gasteiger partial charge on any atom is -0.492 e. The molecule has 10 heteroatoms. The lowest BCUT2D eigenvalue weighted by molar-refractivity contribution is 0.341. The van der Waals surface area contributed by atoms with Crippen molar-refractivity contribution in [2.45, 2.75) is 18.4 Å². The van der Waals surface area contributed by atoms with E-state index in [0.717, 1.165) is 6.26 Å². The van der Waals surface area contributed by atoms with Gasteiger partial charge in [0.1, 0.15) is 5.75 Å². The lowest BCUT2D eigenvalue weighted by Gasteiger charge is -2.12. The maximum atomic E-state index is 11.6. The highest BCUT2D eigenvalue weighted by Gasteiger charge is 2.12. The molecule has 1 aromatic heterocycles. The van der Waals surface area contributed by atoms with E-state index in [9.17, 15) is 8.42 Å². The van der Waals surface area contributed by atoms with Gasteiger partial charge in [-0.25, -0.2) is 8.42 Å². The van der Waals surface area contributed by atoms with Crippen LogP contribution in [0.25, 0.3) is 5.69 Å². The molecule has 1 N–H and O–H groups in total. The Kier molecular flexibility index (Phi) is 5.56. The second kappa shape index (κ2) is 8.06. The second-order valence-corrected chi connectivity index (χ2v) is 7.90. The smallest absolute Gasteiger partial charge is 0.175 e. The molecule has 1 heterocycles. The summed E-state index contributed by atoms with van der Waals surface area (Å²) in [6, 6.07) is 13.5. The molecule has 2 aromatic carbocycles. The van der Waals surface area contributed by atoms with Gasteiger partial charge in [0.25, 0.3) is 0 Å². The molecule has 0 saturated carbocycles. The molecule has 144 valence electrons. The van der Waals surface area contributed by atoms with Crippen molar-refractivity contribution < 1.29 is 13.2 Å². The van der Waals surface area contributed by atoms with Gasteiger partial charge in [0.15, 0.2) is 15.7 Å². The van der Waals surface area contributed by atoms with Gasteiger partial charge in [-0.05, 0) is 59.8 Å².